The minimum atomic E-state index is -1.46. The van der Waals surface area contributed by atoms with Gasteiger partial charge in [0.05, 0.1) is 6.61 Å². The number of allylic oxidation sites excluding steroid dienone is 2. The van der Waals surface area contributed by atoms with Crippen molar-refractivity contribution >= 4 is 11.9 Å². The maximum absolute atomic E-state index is 12.2. The molecule has 0 spiro atoms. The van der Waals surface area contributed by atoms with E-state index in [1.807, 2.05) is 6.07 Å². The fourth-order valence-electron chi connectivity index (χ4n) is 3.51. The van der Waals surface area contributed by atoms with Gasteiger partial charge in [-0.1, -0.05) is 30.4 Å². The number of carboxylic acid groups (broad SMARTS) is 2. The molecule has 1 saturated carbocycles. The fraction of sp³-hybridized carbons (Fsp3) is 0.368. The summed E-state index contributed by atoms with van der Waals surface area (Å²) >= 11 is 0. The summed E-state index contributed by atoms with van der Waals surface area (Å²) in [5.41, 5.74) is 1.28. The Morgan fingerprint density at radius 2 is 1.96 bits per heavy atom. The molecule has 3 rings (SSSR count). The molecule has 1 aromatic rings. The lowest BCUT2D eigenvalue weighted by Crippen LogP contribution is -2.38. The van der Waals surface area contributed by atoms with Crippen LogP contribution in [0.3, 0.4) is 0 Å². The summed E-state index contributed by atoms with van der Waals surface area (Å²) in [4.78, 5) is 23.7. The maximum atomic E-state index is 12.2. The molecule has 0 saturated heterocycles. The van der Waals surface area contributed by atoms with Crippen molar-refractivity contribution in [3.05, 3.63) is 58.2 Å². The van der Waals surface area contributed by atoms with Gasteiger partial charge in [-0.05, 0) is 47.9 Å². The van der Waals surface area contributed by atoms with Gasteiger partial charge in [-0.15, -0.1) is 0 Å². The van der Waals surface area contributed by atoms with Gasteiger partial charge >= 0.3 is 11.9 Å². The second kappa shape index (κ2) is 5.91. The van der Waals surface area contributed by atoms with Crippen LogP contribution in [0, 0.1) is 0 Å². The number of aliphatic hydroxyl groups excluding tert-OH is 1. The van der Waals surface area contributed by atoms with E-state index in [1.54, 1.807) is 31.2 Å². The van der Waals surface area contributed by atoms with Gasteiger partial charge in [0.2, 0.25) is 0 Å². The second-order valence-corrected chi connectivity index (χ2v) is 6.56. The maximum Gasteiger partial charge on any atom is 0.331 e. The summed E-state index contributed by atoms with van der Waals surface area (Å²) in [6.07, 6.45) is 5.06. The van der Waals surface area contributed by atoms with Crippen LogP contribution in [0.25, 0.3) is 0 Å². The molecule has 1 unspecified atom stereocenters. The monoisotopic (exact) mass is 328 g/mol. The highest BCUT2D eigenvalue weighted by atomic mass is 16.4. The Morgan fingerprint density at radius 3 is 2.50 bits per heavy atom. The Labute approximate surface area is 139 Å². The second-order valence-electron chi connectivity index (χ2n) is 6.56. The van der Waals surface area contributed by atoms with Gasteiger partial charge in [-0.2, -0.15) is 0 Å². The molecule has 3 N–H and O–H groups in total. The molecule has 1 atom stereocenters. The van der Waals surface area contributed by atoms with E-state index in [2.05, 4.69) is 0 Å². The number of benzene rings is 1. The molecule has 2 aliphatic rings. The summed E-state index contributed by atoms with van der Waals surface area (Å²) in [5, 5.41) is 29.2. The highest BCUT2D eigenvalue weighted by Gasteiger charge is 2.44. The lowest BCUT2D eigenvalue weighted by Gasteiger charge is -2.32. The van der Waals surface area contributed by atoms with E-state index in [0.717, 1.165) is 18.4 Å². The number of aliphatic carboxylic acids is 2. The van der Waals surface area contributed by atoms with E-state index < -0.39 is 17.4 Å². The molecule has 24 heavy (non-hydrogen) atoms. The van der Waals surface area contributed by atoms with Crippen molar-refractivity contribution in [1.82, 2.24) is 0 Å². The number of carbonyl (C=O) groups is 2. The highest BCUT2D eigenvalue weighted by molar-refractivity contribution is 5.94. The predicted octanol–water partition coefficient (Wildman–Crippen LogP) is 2.74. The lowest BCUT2D eigenvalue weighted by atomic mass is 9.69. The molecule has 0 aromatic heterocycles. The quantitative estimate of drug-likeness (QED) is 0.772. The van der Waals surface area contributed by atoms with Crippen molar-refractivity contribution in [2.75, 3.05) is 0 Å². The topological polar surface area (TPSA) is 94.8 Å². The first kappa shape index (κ1) is 16.5. The van der Waals surface area contributed by atoms with Crippen LogP contribution in [0.5, 0.6) is 0 Å². The Hall–Kier alpha value is -2.40. The molecule has 5 heteroatoms. The molecule has 0 aliphatic heterocycles. The van der Waals surface area contributed by atoms with Crippen LogP contribution in [0.15, 0.2) is 41.5 Å². The van der Waals surface area contributed by atoms with E-state index in [-0.39, 0.29) is 18.6 Å². The van der Waals surface area contributed by atoms with Gasteiger partial charge < -0.3 is 15.3 Å². The Kier molecular flexibility index (Phi) is 4.05. The van der Waals surface area contributed by atoms with E-state index >= 15 is 0 Å². The van der Waals surface area contributed by atoms with E-state index in [4.69, 9.17) is 0 Å². The van der Waals surface area contributed by atoms with Crippen LogP contribution < -0.4 is 0 Å². The third-order valence-corrected chi connectivity index (χ3v) is 5.06. The van der Waals surface area contributed by atoms with Crippen LogP contribution in [-0.4, -0.2) is 27.3 Å². The van der Waals surface area contributed by atoms with Crippen molar-refractivity contribution < 1.29 is 24.9 Å². The third kappa shape index (κ3) is 2.55. The van der Waals surface area contributed by atoms with Crippen molar-refractivity contribution in [2.24, 2.45) is 0 Å². The van der Waals surface area contributed by atoms with Crippen LogP contribution in [0.2, 0.25) is 0 Å². The van der Waals surface area contributed by atoms with E-state index in [9.17, 15) is 24.9 Å². The highest BCUT2D eigenvalue weighted by Crippen LogP contribution is 2.46. The van der Waals surface area contributed by atoms with Gasteiger partial charge in [-0.3, -0.25) is 4.79 Å². The van der Waals surface area contributed by atoms with Crippen LogP contribution in [0.1, 0.15) is 48.8 Å². The normalized spacial score (nSPS) is 23.4. The molecule has 0 amide bonds. The third-order valence-electron chi connectivity index (χ3n) is 5.06. The van der Waals surface area contributed by atoms with Crippen LogP contribution in [-0.2, 0) is 21.6 Å². The molecule has 2 aliphatic carbocycles. The molecule has 1 aromatic carbocycles. The Balaban J connectivity index is 2.18. The van der Waals surface area contributed by atoms with Gasteiger partial charge in [-0.25, -0.2) is 4.79 Å². The molecule has 1 fully saturated rings. The van der Waals surface area contributed by atoms with Gasteiger partial charge in [0.1, 0.15) is 5.41 Å². The van der Waals surface area contributed by atoms with Crippen LogP contribution in [0.4, 0.5) is 0 Å². The Bertz CT molecular complexity index is 770. The zero-order chi connectivity index (χ0) is 17.5. The zero-order valence-electron chi connectivity index (χ0n) is 13.5. The minimum Gasteiger partial charge on any atom is -0.480 e. The largest absolute Gasteiger partial charge is 0.480 e. The number of carboxylic acids is 2. The first-order chi connectivity index (χ1) is 11.4. The zero-order valence-corrected chi connectivity index (χ0v) is 13.5. The number of rotatable bonds is 5. The number of hydrogen-bond acceptors (Lipinski definition) is 3. The lowest BCUT2D eigenvalue weighted by molar-refractivity contribution is -0.142. The van der Waals surface area contributed by atoms with Gasteiger partial charge in [0, 0.05) is 12.0 Å². The average Bonchev–Trinajstić information content (AvgIpc) is 3.39. The first-order valence-electron chi connectivity index (χ1n) is 7.99. The summed E-state index contributed by atoms with van der Waals surface area (Å²) < 4.78 is 0. The fourth-order valence-corrected chi connectivity index (χ4v) is 3.51. The van der Waals surface area contributed by atoms with Crippen LogP contribution >= 0.6 is 0 Å². The first-order valence-corrected chi connectivity index (χ1v) is 7.99. The van der Waals surface area contributed by atoms with Crippen molar-refractivity contribution in [1.29, 1.82) is 0 Å². The van der Waals surface area contributed by atoms with Gasteiger partial charge in [0.15, 0.2) is 0 Å². The SMILES string of the molecule is CC1=C(C(=O)O)CC(C(=O)O)(c2cccc(C3CC3)c2CO)C=C1. The summed E-state index contributed by atoms with van der Waals surface area (Å²) in [5.74, 6) is -1.85. The Morgan fingerprint density at radius 1 is 1.25 bits per heavy atom. The van der Waals surface area contributed by atoms with Gasteiger partial charge in [0.25, 0.3) is 0 Å². The number of aliphatic hydroxyl groups is 1. The smallest absolute Gasteiger partial charge is 0.331 e. The van der Waals surface area contributed by atoms with Crippen molar-refractivity contribution in [2.45, 2.75) is 44.1 Å². The van der Waals surface area contributed by atoms with Crippen molar-refractivity contribution in [3.8, 4) is 0 Å². The summed E-state index contributed by atoms with van der Waals surface area (Å²) in [6, 6.07) is 5.41. The summed E-state index contributed by atoms with van der Waals surface area (Å²) in [7, 11) is 0. The molecular weight excluding hydrogens is 308 g/mol. The molecule has 126 valence electrons. The summed E-state index contributed by atoms with van der Waals surface area (Å²) in [6.45, 7) is 1.41. The molecule has 5 nitrogen and oxygen atoms in total. The molecule has 0 radical (unpaired) electrons. The molecule has 0 heterocycles. The number of hydrogen-bond donors (Lipinski definition) is 3. The van der Waals surface area contributed by atoms with E-state index in [0.29, 0.717) is 22.6 Å². The minimum absolute atomic E-state index is 0.0978. The predicted molar refractivity (Wildman–Crippen MR) is 87.7 cm³/mol. The van der Waals surface area contributed by atoms with Crippen molar-refractivity contribution in [3.63, 3.8) is 0 Å². The van der Waals surface area contributed by atoms with E-state index in [1.165, 1.54) is 0 Å². The molecular formula is C19H20O5. The molecule has 0 bridgehead atoms. The standard InChI is InChI=1S/C19H20O5/c1-11-7-8-19(18(23)24,9-14(11)17(21)22)16-4-2-3-13(12-5-6-12)15(16)10-20/h2-4,7-8,12,20H,5-6,9-10H2,1H3,(H,21,22)(H,23,24). The average molecular weight is 328 g/mol.